The van der Waals surface area contributed by atoms with E-state index in [4.69, 9.17) is 16.9 Å². The zero-order valence-electron chi connectivity index (χ0n) is 11.0. The molecule has 1 aromatic rings. The first kappa shape index (κ1) is 14.3. The summed E-state index contributed by atoms with van der Waals surface area (Å²) >= 11 is 7.16. The molecular formula is C13H16ClN3OS. The molecule has 1 saturated heterocycles. The number of halogens is 1. The Balaban J connectivity index is 1.97. The van der Waals surface area contributed by atoms with Gasteiger partial charge in [0, 0.05) is 26.2 Å². The molecule has 0 N–H and O–H groups in total. The summed E-state index contributed by atoms with van der Waals surface area (Å²) in [5, 5.41) is 9.12. The molecule has 0 spiro atoms. The Morgan fingerprint density at radius 2 is 2.00 bits per heavy atom. The highest BCUT2D eigenvalue weighted by molar-refractivity contribution is 7.17. The number of amides is 1. The van der Waals surface area contributed by atoms with Crippen LogP contribution in [0.25, 0.3) is 0 Å². The van der Waals surface area contributed by atoms with E-state index in [0.29, 0.717) is 22.3 Å². The summed E-state index contributed by atoms with van der Waals surface area (Å²) in [4.78, 5) is 16.8. The van der Waals surface area contributed by atoms with Crippen molar-refractivity contribution >= 4 is 28.8 Å². The third-order valence-electron chi connectivity index (χ3n) is 3.42. The highest BCUT2D eigenvalue weighted by Crippen LogP contribution is 2.24. The second-order valence-electron chi connectivity index (χ2n) is 5.05. The van der Waals surface area contributed by atoms with E-state index in [9.17, 15) is 4.79 Å². The van der Waals surface area contributed by atoms with E-state index >= 15 is 0 Å². The Morgan fingerprint density at radius 3 is 2.47 bits per heavy atom. The lowest BCUT2D eigenvalue weighted by Crippen LogP contribution is -2.55. The summed E-state index contributed by atoms with van der Waals surface area (Å²) in [6, 6.07) is 5.81. The molecule has 0 radical (unpaired) electrons. The molecule has 0 bridgehead atoms. The fourth-order valence-corrected chi connectivity index (χ4v) is 3.14. The number of nitrogens with zero attached hydrogens (tertiary/aromatic N) is 3. The fraction of sp³-hybridized carbons (Fsp3) is 0.538. The van der Waals surface area contributed by atoms with Gasteiger partial charge in [-0.3, -0.25) is 9.69 Å². The molecular weight excluding hydrogens is 282 g/mol. The first-order valence-corrected chi connectivity index (χ1v) is 7.34. The van der Waals surface area contributed by atoms with E-state index in [1.807, 2.05) is 18.7 Å². The van der Waals surface area contributed by atoms with Crippen LogP contribution in [0.15, 0.2) is 12.1 Å². The third kappa shape index (κ3) is 3.08. The Hall–Kier alpha value is -1.09. The van der Waals surface area contributed by atoms with Crippen LogP contribution in [0.1, 0.15) is 23.5 Å². The van der Waals surface area contributed by atoms with Crippen LogP contribution in [-0.2, 0) is 0 Å². The van der Waals surface area contributed by atoms with Gasteiger partial charge in [-0.15, -0.1) is 11.3 Å². The van der Waals surface area contributed by atoms with Crippen LogP contribution in [0.3, 0.4) is 0 Å². The summed E-state index contributed by atoms with van der Waals surface area (Å²) < 4.78 is 0.632. The predicted octanol–water partition coefficient (Wildman–Crippen LogP) is 2.46. The molecule has 1 aromatic heterocycles. The lowest BCUT2D eigenvalue weighted by atomic mass is 10.0. The monoisotopic (exact) mass is 297 g/mol. The minimum atomic E-state index is -0.471. The minimum absolute atomic E-state index is 0.0336. The quantitative estimate of drug-likeness (QED) is 0.842. The second kappa shape index (κ2) is 5.49. The molecule has 6 heteroatoms. The van der Waals surface area contributed by atoms with Gasteiger partial charge in [0.15, 0.2) is 0 Å². The lowest BCUT2D eigenvalue weighted by Gasteiger charge is -2.40. The van der Waals surface area contributed by atoms with E-state index in [1.54, 1.807) is 12.1 Å². The molecule has 1 aliphatic heterocycles. The number of carbonyl (C=O) groups excluding carboxylic acids is 1. The molecule has 102 valence electrons. The van der Waals surface area contributed by atoms with Gasteiger partial charge in [-0.1, -0.05) is 11.6 Å². The van der Waals surface area contributed by atoms with E-state index in [0.717, 1.165) is 13.1 Å². The number of hydrogen-bond acceptors (Lipinski definition) is 4. The molecule has 0 aromatic carbocycles. The van der Waals surface area contributed by atoms with Crippen molar-refractivity contribution in [1.82, 2.24) is 9.80 Å². The Morgan fingerprint density at radius 1 is 1.37 bits per heavy atom. The van der Waals surface area contributed by atoms with Gasteiger partial charge in [0.05, 0.1) is 15.3 Å². The van der Waals surface area contributed by atoms with Gasteiger partial charge in [-0.05, 0) is 26.0 Å². The lowest BCUT2D eigenvalue weighted by molar-refractivity contribution is 0.0525. The van der Waals surface area contributed by atoms with Crippen molar-refractivity contribution in [2.24, 2.45) is 0 Å². The van der Waals surface area contributed by atoms with Gasteiger partial charge in [0.1, 0.15) is 5.54 Å². The maximum Gasteiger partial charge on any atom is 0.264 e. The molecule has 0 saturated carbocycles. The smallest absolute Gasteiger partial charge is 0.264 e. The van der Waals surface area contributed by atoms with E-state index in [-0.39, 0.29) is 5.91 Å². The summed E-state index contributed by atoms with van der Waals surface area (Å²) in [5.74, 6) is 0.0336. The molecule has 0 unspecified atom stereocenters. The Labute approximate surface area is 122 Å². The van der Waals surface area contributed by atoms with Crippen LogP contribution in [0.5, 0.6) is 0 Å². The first-order chi connectivity index (χ1) is 8.94. The molecule has 19 heavy (non-hydrogen) atoms. The van der Waals surface area contributed by atoms with E-state index < -0.39 is 5.54 Å². The van der Waals surface area contributed by atoms with Crippen LogP contribution in [0, 0.1) is 11.3 Å². The van der Waals surface area contributed by atoms with Crippen LogP contribution < -0.4 is 0 Å². The number of carbonyl (C=O) groups is 1. The SMILES string of the molecule is CC(C)(C#N)N1CCN(C(=O)c2ccc(Cl)s2)CC1. The van der Waals surface area contributed by atoms with Crippen molar-refractivity contribution in [1.29, 1.82) is 5.26 Å². The van der Waals surface area contributed by atoms with Crippen molar-refractivity contribution in [3.63, 3.8) is 0 Å². The topological polar surface area (TPSA) is 47.3 Å². The maximum absolute atomic E-state index is 12.2. The van der Waals surface area contributed by atoms with Crippen LogP contribution in [-0.4, -0.2) is 47.4 Å². The van der Waals surface area contributed by atoms with Crippen molar-refractivity contribution in [2.75, 3.05) is 26.2 Å². The number of rotatable bonds is 2. The second-order valence-corrected chi connectivity index (χ2v) is 6.77. The number of hydrogen-bond donors (Lipinski definition) is 0. The largest absolute Gasteiger partial charge is 0.335 e. The van der Waals surface area contributed by atoms with Gasteiger partial charge in [0.2, 0.25) is 0 Å². The summed E-state index contributed by atoms with van der Waals surface area (Å²) in [6.45, 7) is 6.57. The van der Waals surface area contributed by atoms with Crippen molar-refractivity contribution < 1.29 is 4.79 Å². The van der Waals surface area contributed by atoms with Crippen molar-refractivity contribution in [3.8, 4) is 6.07 Å². The molecule has 2 rings (SSSR count). The van der Waals surface area contributed by atoms with E-state index in [1.165, 1.54) is 11.3 Å². The van der Waals surface area contributed by atoms with Crippen molar-refractivity contribution in [2.45, 2.75) is 19.4 Å². The average Bonchev–Trinajstić information content (AvgIpc) is 2.85. The molecule has 2 heterocycles. The fourth-order valence-electron chi connectivity index (χ4n) is 2.12. The van der Waals surface area contributed by atoms with Crippen LogP contribution >= 0.6 is 22.9 Å². The van der Waals surface area contributed by atoms with Gasteiger partial charge >= 0.3 is 0 Å². The zero-order chi connectivity index (χ0) is 14.0. The molecule has 1 aliphatic rings. The van der Waals surface area contributed by atoms with E-state index in [2.05, 4.69) is 11.0 Å². The zero-order valence-corrected chi connectivity index (χ0v) is 12.6. The van der Waals surface area contributed by atoms with Gasteiger partial charge < -0.3 is 4.90 Å². The normalized spacial score (nSPS) is 17.3. The van der Waals surface area contributed by atoms with Gasteiger partial charge in [-0.2, -0.15) is 5.26 Å². The highest BCUT2D eigenvalue weighted by Gasteiger charge is 2.31. The maximum atomic E-state index is 12.2. The highest BCUT2D eigenvalue weighted by atomic mass is 35.5. The van der Waals surface area contributed by atoms with Crippen LogP contribution in [0.4, 0.5) is 0 Å². The number of piperazine rings is 1. The standard InChI is InChI=1S/C13H16ClN3OS/c1-13(2,9-15)17-7-5-16(6-8-17)12(18)10-3-4-11(14)19-10/h3-4H,5-8H2,1-2H3. The first-order valence-electron chi connectivity index (χ1n) is 6.15. The average molecular weight is 298 g/mol. The summed E-state index contributed by atoms with van der Waals surface area (Å²) in [5.41, 5.74) is -0.471. The van der Waals surface area contributed by atoms with Crippen LogP contribution in [0.2, 0.25) is 4.34 Å². The molecule has 4 nitrogen and oxygen atoms in total. The number of nitriles is 1. The van der Waals surface area contributed by atoms with Gasteiger partial charge in [0.25, 0.3) is 5.91 Å². The Bertz CT molecular complexity index is 512. The number of thiophene rings is 1. The summed E-state index contributed by atoms with van der Waals surface area (Å²) in [6.07, 6.45) is 0. The molecule has 1 amide bonds. The van der Waals surface area contributed by atoms with Gasteiger partial charge in [-0.25, -0.2) is 0 Å². The Kier molecular flexibility index (Phi) is 4.14. The minimum Gasteiger partial charge on any atom is -0.335 e. The summed E-state index contributed by atoms with van der Waals surface area (Å²) in [7, 11) is 0. The van der Waals surface area contributed by atoms with Crippen molar-refractivity contribution in [3.05, 3.63) is 21.3 Å². The molecule has 0 atom stereocenters. The molecule has 0 aliphatic carbocycles. The third-order valence-corrected chi connectivity index (χ3v) is 4.63. The molecule has 1 fully saturated rings. The predicted molar refractivity (Wildman–Crippen MR) is 76.5 cm³/mol.